The number of hydrogen-bond donors (Lipinski definition) is 1. The van der Waals surface area contributed by atoms with E-state index in [0.29, 0.717) is 0 Å². The van der Waals surface area contributed by atoms with Crippen LogP contribution in [-0.2, 0) is 0 Å². The van der Waals surface area contributed by atoms with Gasteiger partial charge in [-0.3, -0.25) is 0 Å². The molecule has 0 spiro atoms. The quantitative estimate of drug-likeness (QED) is 0.780. The highest BCUT2D eigenvalue weighted by Crippen LogP contribution is 2.27. The Kier molecular flexibility index (Phi) is 4.27. The summed E-state index contributed by atoms with van der Waals surface area (Å²) in [5, 5.41) is 4.68. The van der Waals surface area contributed by atoms with E-state index >= 15 is 0 Å². The molecule has 1 atom stereocenters. The number of anilines is 1. The minimum atomic E-state index is 0.244. The Balaban J connectivity index is 2.21. The van der Waals surface area contributed by atoms with Crippen LogP contribution in [0.3, 0.4) is 0 Å². The summed E-state index contributed by atoms with van der Waals surface area (Å²) in [5.74, 6) is 0. The first kappa shape index (κ1) is 13.8. The fourth-order valence-corrected chi connectivity index (χ4v) is 3.60. The number of benzene rings is 1. The van der Waals surface area contributed by atoms with Crippen molar-refractivity contribution in [3.63, 3.8) is 0 Å². The molecule has 1 aromatic heterocycles. The predicted octanol–water partition coefficient (Wildman–Crippen LogP) is 4.85. The normalized spacial score (nSPS) is 12.5. The monoisotopic (exact) mass is 372 g/mol. The summed E-state index contributed by atoms with van der Waals surface area (Å²) in [6.45, 7) is 8.50. The highest BCUT2D eigenvalue weighted by Gasteiger charge is 2.13. The third kappa shape index (κ3) is 3.03. The van der Waals surface area contributed by atoms with Crippen LogP contribution in [-0.4, -0.2) is 4.98 Å². The first-order valence-electron chi connectivity index (χ1n) is 5.94. The maximum Gasteiger partial charge on any atom is 0.0901 e. The molecule has 0 amide bonds. The van der Waals surface area contributed by atoms with Crippen molar-refractivity contribution < 1.29 is 0 Å². The molecule has 0 aliphatic heterocycles. The predicted molar refractivity (Wildman–Crippen MR) is 87.5 cm³/mol. The van der Waals surface area contributed by atoms with Gasteiger partial charge in [0.05, 0.1) is 16.7 Å². The van der Waals surface area contributed by atoms with E-state index in [1.54, 1.807) is 11.3 Å². The average molecular weight is 372 g/mol. The number of hydrogen-bond acceptors (Lipinski definition) is 3. The van der Waals surface area contributed by atoms with E-state index in [2.05, 4.69) is 78.8 Å². The van der Waals surface area contributed by atoms with Crippen molar-refractivity contribution >= 4 is 39.6 Å². The summed E-state index contributed by atoms with van der Waals surface area (Å²) >= 11 is 4.10. The topological polar surface area (TPSA) is 24.9 Å². The molecule has 0 bridgehead atoms. The second-order valence-electron chi connectivity index (χ2n) is 4.50. The van der Waals surface area contributed by atoms with E-state index in [-0.39, 0.29) is 6.04 Å². The Bertz CT molecular complexity index is 563. The van der Waals surface area contributed by atoms with E-state index in [1.807, 2.05) is 0 Å². The maximum absolute atomic E-state index is 4.61. The third-order valence-corrected chi connectivity index (χ3v) is 4.48. The van der Waals surface area contributed by atoms with E-state index < -0.39 is 0 Å². The number of nitrogens with one attached hydrogen (secondary N) is 1. The highest BCUT2D eigenvalue weighted by molar-refractivity contribution is 14.1. The van der Waals surface area contributed by atoms with Gasteiger partial charge in [0.2, 0.25) is 0 Å². The van der Waals surface area contributed by atoms with Crippen molar-refractivity contribution in [1.82, 2.24) is 4.98 Å². The smallest absolute Gasteiger partial charge is 0.0901 e. The van der Waals surface area contributed by atoms with Crippen molar-refractivity contribution in [2.24, 2.45) is 0 Å². The van der Waals surface area contributed by atoms with Crippen molar-refractivity contribution in [1.29, 1.82) is 0 Å². The van der Waals surface area contributed by atoms with Crippen LogP contribution >= 0.6 is 33.9 Å². The van der Waals surface area contributed by atoms with Gasteiger partial charge >= 0.3 is 0 Å². The number of aromatic nitrogens is 1. The lowest BCUT2D eigenvalue weighted by Crippen LogP contribution is -2.09. The molecule has 2 aromatic rings. The molecule has 1 N–H and O–H groups in total. The molecule has 1 aromatic carbocycles. The molecule has 0 saturated carbocycles. The number of nitrogens with zero attached hydrogens (tertiary/aromatic N) is 1. The first-order chi connectivity index (χ1) is 8.47. The molecule has 1 unspecified atom stereocenters. The second kappa shape index (κ2) is 5.57. The molecule has 0 fully saturated rings. The van der Waals surface area contributed by atoms with Crippen LogP contribution < -0.4 is 5.32 Å². The van der Waals surface area contributed by atoms with Gasteiger partial charge in [0.1, 0.15) is 0 Å². The fraction of sp³-hybridized carbons (Fsp3) is 0.357. The zero-order valence-corrected chi connectivity index (χ0v) is 14.0. The van der Waals surface area contributed by atoms with Crippen LogP contribution in [0.2, 0.25) is 0 Å². The SMILES string of the molecule is Cc1nc(C(C)Nc2ccc(I)cc2C)c(C)s1. The minimum absolute atomic E-state index is 0.244. The first-order valence-corrected chi connectivity index (χ1v) is 7.83. The third-order valence-electron chi connectivity index (χ3n) is 2.91. The number of thiazole rings is 1. The summed E-state index contributed by atoms with van der Waals surface area (Å²) in [4.78, 5) is 5.91. The maximum atomic E-state index is 4.61. The standard InChI is InChI=1S/C14H17IN2S/c1-8-7-12(15)5-6-13(8)16-9(2)14-10(3)18-11(4)17-14/h5-7,9,16H,1-4H3. The van der Waals surface area contributed by atoms with Crippen LogP contribution in [0.5, 0.6) is 0 Å². The van der Waals surface area contributed by atoms with Gasteiger partial charge in [0, 0.05) is 14.1 Å². The van der Waals surface area contributed by atoms with Gasteiger partial charge in [-0.25, -0.2) is 4.98 Å². The van der Waals surface area contributed by atoms with Crippen LogP contribution in [0, 0.1) is 24.3 Å². The molecular formula is C14H17IN2S. The molecular weight excluding hydrogens is 355 g/mol. The molecule has 2 rings (SSSR count). The van der Waals surface area contributed by atoms with Crippen LogP contribution in [0.4, 0.5) is 5.69 Å². The van der Waals surface area contributed by atoms with E-state index in [1.165, 1.54) is 19.7 Å². The largest absolute Gasteiger partial charge is 0.377 e. The van der Waals surface area contributed by atoms with Crippen molar-refractivity contribution in [2.45, 2.75) is 33.7 Å². The average Bonchev–Trinajstić information content (AvgIpc) is 2.62. The van der Waals surface area contributed by atoms with Crippen molar-refractivity contribution in [3.8, 4) is 0 Å². The molecule has 1 heterocycles. The van der Waals surface area contributed by atoms with E-state index in [9.17, 15) is 0 Å². The van der Waals surface area contributed by atoms with Gasteiger partial charge in [0.15, 0.2) is 0 Å². The zero-order chi connectivity index (χ0) is 13.3. The Morgan fingerprint density at radius 1 is 1.28 bits per heavy atom. The summed E-state index contributed by atoms with van der Waals surface area (Å²) in [6.07, 6.45) is 0. The van der Waals surface area contributed by atoms with Crippen LogP contribution in [0.1, 0.15) is 34.1 Å². The number of aryl methyl sites for hydroxylation is 3. The van der Waals surface area contributed by atoms with Crippen LogP contribution in [0.25, 0.3) is 0 Å². The fourth-order valence-electron chi connectivity index (χ4n) is 2.04. The van der Waals surface area contributed by atoms with Gasteiger partial charge in [-0.05, 0) is 74.0 Å². The zero-order valence-electron chi connectivity index (χ0n) is 11.0. The van der Waals surface area contributed by atoms with Crippen LogP contribution in [0.15, 0.2) is 18.2 Å². The highest BCUT2D eigenvalue weighted by atomic mass is 127. The Morgan fingerprint density at radius 2 is 2.00 bits per heavy atom. The lowest BCUT2D eigenvalue weighted by atomic mass is 10.1. The number of halogens is 1. The summed E-state index contributed by atoms with van der Waals surface area (Å²) in [5.41, 5.74) is 3.63. The summed E-state index contributed by atoms with van der Waals surface area (Å²) in [7, 11) is 0. The molecule has 0 radical (unpaired) electrons. The molecule has 96 valence electrons. The lowest BCUT2D eigenvalue weighted by Gasteiger charge is -2.16. The molecule has 2 nitrogen and oxygen atoms in total. The van der Waals surface area contributed by atoms with E-state index in [0.717, 1.165) is 10.7 Å². The second-order valence-corrected chi connectivity index (χ2v) is 7.15. The van der Waals surface area contributed by atoms with Gasteiger partial charge in [-0.2, -0.15) is 0 Å². The molecule has 18 heavy (non-hydrogen) atoms. The molecule has 0 aliphatic carbocycles. The Hall–Kier alpha value is -0.620. The molecule has 0 aliphatic rings. The molecule has 4 heteroatoms. The Labute approximate surface area is 126 Å². The minimum Gasteiger partial charge on any atom is -0.377 e. The van der Waals surface area contributed by atoms with Crippen molar-refractivity contribution in [2.75, 3.05) is 5.32 Å². The van der Waals surface area contributed by atoms with E-state index in [4.69, 9.17) is 0 Å². The lowest BCUT2D eigenvalue weighted by molar-refractivity contribution is 0.835. The Morgan fingerprint density at radius 3 is 2.56 bits per heavy atom. The van der Waals surface area contributed by atoms with Gasteiger partial charge in [-0.1, -0.05) is 0 Å². The summed E-state index contributed by atoms with van der Waals surface area (Å²) in [6, 6.07) is 6.70. The van der Waals surface area contributed by atoms with Gasteiger partial charge in [0.25, 0.3) is 0 Å². The summed E-state index contributed by atoms with van der Waals surface area (Å²) < 4.78 is 1.27. The molecule has 0 saturated heterocycles. The number of rotatable bonds is 3. The van der Waals surface area contributed by atoms with Gasteiger partial charge < -0.3 is 5.32 Å². The van der Waals surface area contributed by atoms with Crippen molar-refractivity contribution in [3.05, 3.63) is 42.9 Å². The van der Waals surface area contributed by atoms with Gasteiger partial charge in [-0.15, -0.1) is 11.3 Å².